The second-order valence-corrected chi connectivity index (χ2v) is 17.1. The van der Waals surface area contributed by atoms with E-state index in [1.807, 2.05) is 0 Å². The maximum atomic E-state index is 2.59. The highest BCUT2D eigenvalue weighted by atomic mass is 15.2. The number of nitrogens with zero attached hydrogens (tertiary/aromatic N) is 1. The van der Waals surface area contributed by atoms with Crippen molar-refractivity contribution in [3.05, 3.63) is 205 Å². The Hall–Kier alpha value is -6.90. The molecular formula is C58H46BN. The molecule has 0 N–H and O–H groups in total. The van der Waals surface area contributed by atoms with Crippen LogP contribution in [0.25, 0.3) is 65.7 Å². The first-order chi connectivity index (χ1) is 29.5. The van der Waals surface area contributed by atoms with Crippen LogP contribution in [0.2, 0.25) is 0 Å². The third-order valence-electron chi connectivity index (χ3n) is 13.0. The lowest BCUT2D eigenvalue weighted by atomic mass is 9.32. The van der Waals surface area contributed by atoms with Gasteiger partial charge in [0.05, 0.1) is 0 Å². The number of benzene rings is 10. The molecule has 0 spiro atoms. The molecule has 1 heterocycles. The van der Waals surface area contributed by atoms with E-state index in [9.17, 15) is 0 Å². The fourth-order valence-corrected chi connectivity index (χ4v) is 10.5. The van der Waals surface area contributed by atoms with Crippen molar-refractivity contribution >= 4 is 72.5 Å². The molecule has 60 heavy (non-hydrogen) atoms. The summed E-state index contributed by atoms with van der Waals surface area (Å²) in [6.07, 6.45) is 0. The zero-order chi connectivity index (χ0) is 40.5. The highest BCUT2D eigenvalue weighted by molar-refractivity contribution is 7.00. The quantitative estimate of drug-likeness (QED) is 0.115. The summed E-state index contributed by atoms with van der Waals surface area (Å²) >= 11 is 0. The van der Waals surface area contributed by atoms with Crippen molar-refractivity contribution in [2.45, 2.75) is 39.5 Å². The number of para-hydroxylation sites is 2. The van der Waals surface area contributed by atoms with Crippen molar-refractivity contribution in [3.63, 3.8) is 0 Å². The van der Waals surface area contributed by atoms with E-state index in [0.29, 0.717) is 5.92 Å². The Bertz CT molecular complexity index is 3130. The maximum Gasteiger partial charge on any atom is 0.248 e. The summed E-state index contributed by atoms with van der Waals surface area (Å²) in [5, 5.41) is 8.08. The Morgan fingerprint density at radius 3 is 1.57 bits per heavy atom. The summed E-state index contributed by atoms with van der Waals surface area (Å²) in [4.78, 5) is 2.59. The van der Waals surface area contributed by atoms with Gasteiger partial charge in [-0.3, -0.25) is 0 Å². The molecule has 1 nitrogen and oxygen atoms in total. The van der Waals surface area contributed by atoms with Crippen LogP contribution in [-0.4, -0.2) is 6.71 Å². The van der Waals surface area contributed by atoms with Crippen LogP contribution in [-0.2, 0) is 0 Å². The fourth-order valence-electron chi connectivity index (χ4n) is 10.5. The van der Waals surface area contributed by atoms with Crippen LogP contribution in [0.1, 0.15) is 50.7 Å². The van der Waals surface area contributed by atoms with E-state index in [2.05, 4.69) is 227 Å². The maximum absolute atomic E-state index is 2.59. The van der Waals surface area contributed by atoms with Crippen LogP contribution in [0.3, 0.4) is 0 Å². The van der Waals surface area contributed by atoms with Gasteiger partial charge in [-0.25, -0.2) is 0 Å². The zero-order valence-electron chi connectivity index (χ0n) is 34.7. The van der Waals surface area contributed by atoms with E-state index < -0.39 is 0 Å². The Kier molecular flexibility index (Phi) is 8.71. The van der Waals surface area contributed by atoms with Gasteiger partial charge in [0.25, 0.3) is 0 Å². The monoisotopic (exact) mass is 767 g/mol. The molecule has 0 atom stereocenters. The van der Waals surface area contributed by atoms with E-state index in [1.54, 1.807) is 0 Å². The van der Waals surface area contributed by atoms with Gasteiger partial charge in [0.15, 0.2) is 0 Å². The van der Waals surface area contributed by atoms with Crippen molar-refractivity contribution in [1.29, 1.82) is 0 Å². The van der Waals surface area contributed by atoms with E-state index in [-0.39, 0.29) is 12.6 Å². The van der Waals surface area contributed by atoms with Gasteiger partial charge in [0.1, 0.15) is 0 Å². The minimum Gasteiger partial charge on any atom is -0.311 e. The molecule has 0 fully saturated rings. The van der Waals surface area contributed by atoms with Crippen molar-refractivity contribution in [2.75, 3.05) is 4.90 Å². The van der Waals surface area contributed by atoms with Crippen molar-refractivity contribution < 1.29 is 0 Å². The number of hydrogen-bond acceptors (Lipinski definition) is 1. The van der Waals surface area contributed by atoms with Gasteiger partial charge in [0.2, 0.25) is 6.71 Å². The first kappa shape index (κ1) is 36.2. The lowest BCUT2D eigenvalue weighted by molar-refractivity contribution is 0.877. The van der Waals surface area contributed by atoms with E-state index in [0.717, 1.165) is 0 Å². The molecular weight excluding hydrogens is 721 g/mol. The van der Waals surface area contributed by atoms with Gasteiger partial charge in [-0.05, 0) is 125 Å². The summed E-state index contributed by atoms with van der Waals surface area (Å²) in [5.41, 5.74) is 17.9. The molecule has 286 valence electrons. The summed E-state index contributed by atoms with van der Waals surface area (Å²) < 4.78 is 0. The van der Waals surface area contributed by atoms with Crippen molar-refractivity contribution in [2.24, 2.45) is 0 Å². The van der Waals surface area contributed by atoms with Gasteiger partial charge in [-0.15, -0.1) is 0 Å². The van der Waals surface area contributed by atoms with Crippen LogP contribution in [0.15, 0.2) is 194 Å². The number of rotatable bonds is 7. The molecule has 1 aliphatic rings. The summed E-state index contributed by atoms with van der Waals surface area (Å²) in [7, 11) is 0. The smallest absolute Gasteiger partial charge is 0.248 e. The molecule has 10 aromatic rings. The predicted octanol–water partition coefficient (Wildman–Crippen LogP) is 14.1. The average Bonchev–Trinajstić information content (AvgIpc) is 3.30. The van der Waals surface area contributed by atoms with Gasteiger partial charge < -0.3 is 4.90 Å². The second kappa shape index (κ2) is 14.4. The highest BCUT2D eigenvalue weighted by Gasteiger charge is 2.42. The fraction of sp³-hybridized carbons (Fsp3) is 0.103. The van der Waals surface area contributed by atoms with Crippen molar-refractivity contribution in [3.8, 4) is 33.4 Å². The van der Waals surface area contributed by atoms with E-state index in [1.165, 1.54) is 110 Å². The van der Waals surface area contributed by atoms with Crippen LogP contribution in [0, 0.1) is 0 Å². The average molecular weight is 768 g/mol. The van der Waals surface area contributed by atoms with Crippen LogP contribution in [0.4, 0.5) is 17.1 Å². The Labute approximate surface area is 354 Å². The molecule has 0 saturated carbocycles. The highest BCUT2D eigenvalue weighted by Crippen LogP contribution is 2.48. The largest absolute Gasteiger partial charge is 0.311 e. The van der Waals surface area contributed by atoms with Crippen LogP contribution < -0.4 is 21.3 Å². The molecule has 11 rings (SSSR count). The molecule has 0 bridgehead atoms. The number of hydrogen-bond donors (Lipinski definition) is 0. The Morgan fingerprint density at radius 1 is 0.417 bits per heavy atom. The van der Waals surface area contributed by atoms with Gasteiger partial charge in [-0.2, -0.15) is 0 Å². The first-order valence-corrected chi connectivity index (χ1v) is 21.5. The minimum atomic E-state index is -0.0862. The molecule has 0 aromatic heterocycles. The second-order valence-electron chi connectivity index (χ2n) is 17.1. The zero-order valence-corrected chi connectivity index (χ0v) is 34.7. The molecule has 10 aromatic carbocycles. The first-order valence-electron chi connectivity index (χ1n) is 21.5. The molecule has 0 amide bonds. The minimum absolute atomic E-state index is 0.0862. The lowest BCUT2D eigenvalue weighted by Gasteiger charge is -2.41. The molecule has 0 aliphatic carbocycles. The lowest BCUT2D eigenvalue weighted by Crippen LogP contribution is -2.59. The molecule has 0 radical (unpaired) electrons. The Balaban J connectivity index is 1.37. The summed E-state index contributed by atoms with van der Waals surface area (Å²) in [6.45, 7) is 9.38. The van der Waals surface area contributed by atoms with Gasteiger partial charge >= 0.3 is 0 Å². The van der Waals surface area contributed by atoms with E-state index in [4.69, 9.17) is 0 Å². The van der Waals surface area contributed by atoms with E-state index >= 15 is 0 Å². The number of anilines is 3. The molecule has 0 unspecified atom stereocenters. The summed E-state index contributed by atoms with van der Waals surface area (Å²) in [6, 6.07) is 72.7. The van der Waals surface area contributed by atoms with Crippen molar-refractivity contribution in [1.82, 2.24) is 0 Å². The SMILES string of the molecule is CC(C)c1ccc2ccc3c(C(C)C)c4c(c5ccc1c2c35)N(c1ccccc1)c1ccccc1B4c1c(-c2ccccc2)cc(-c2ccccc2)cc1-c1ccccc1. The molecule has 0 saturated heterocycles. The third-order valence-corrected chi connectivity index (χ3v) is 13.0. The predicted molar refractivity (Wildman–Crippen MR) is 260 cm³/mol. The molecule has 2 heteroatoms. The van der Waals surface area contributed by atoms with Crippen LogP contribution in [0.5, 0.6) is 0 Å². The number of fused-ring (bicyclic) bond motifs is 3. The van der Waals surface area contributed by atoms with Gasteiger partial charge in [0, 0.05) is 22.4 Å². The normalized spacial score (nSPS) is 12.6. The summed E-state index contributed by atoms with van der Waals surface area (Å²) in [5.74, 6) is 0.652. The van der Waals surface area contributed by atoms with Crippen LogP contribution >= 0.6 is 0 Å². The Morgan fingerprint density at radius 2 is 0.950 bits per heavy atom. The molecule has 1 aliphatic heterocycles. The standard InChI is InChI=1S/C58H46BN/c1-37(2)45-31-29-42-30-32-47-53(38(3)4)57-58(48-34-33-46(45)54(42)55(47)48)60(44-25-15-8-16-26-44)52-28-18-17-27-51(52)59(57)56-49(40-21-11-6-12-22-40)35-43(39-19-9-5-10-20-39)36-50(56)41-23-13-7-14-24-41/h5-38H,1-4H3. The topological polar surface area (TPSA) is 3.24 Å². The third kappa shape index (κ3) is 5.62. The van der Waals surface area contributed by atoms with Gasteiger partial charge in [-0.1, -0.05) is 197 Å².